The van der Waals surface area contributed by atoms with Gasteiger partial charge in [0.2, 0.25) is 5.91 Å². The lowest BCUT2D eigenvalue weighted by Crippen LogP contribution is -2.30. The number of carbonyl (C=O) groups is 2. The number of nitrogens with zero attached hydrogens (tertiary/aromatic N) is 4. The Balaban J connectivity index is 1.37. The van der Waals surface area contributed by atoms with E-state index in [0.29, 0.717) is 34.6 Å². The van der Waals surface area contributed by atoms with Crippen LogP contribution in [0.4, 0.5) is 5.69 Å². The van der Waals surface area contributed by atoms with Gasteiger partial charge in [0.1, 0.15) is 0 Å². The van der Waals surface area contributed by atoms with Gasteiger partial charge in [-0.1, -0.05) is 42.1 Å². The topological polar surface area (TPSA) is 98.6 Å². The molecule has 0 aliphatic carbocycles. The van der Waals surface area contributed by atoms with Crippen LogP contribution in [0.5, 0.6) is 11.5 Å². The minimum absolute atomic E-state index is 0.0220. The maximum absolute atomic E-state index is 13.2. The Hall–Kier alpha value is -4.31. The summed E-state index contributed by atoms with van der Waals surface area (Å²) in [5, 5.41) is 12.4. The van der Waals surface area contributed by atoms with E-state index in [4.69, 9.17) is 9.47 Å². The van der Waals surface area contributed by atoms with E-state index in [2.05, 4.69) is 27.6 Å². The van der Waals surface area contributed by atoms with Gasteiger partial charge in [-0.05, 0) is 67.3 Å². The third-order valence-corrected chi connectivity index (χ3v) is 7.79. The molecule has 4 aromatic rings. The third-order valence-electron chi connectivity index (χ3n) is 6.87. The standard InChI is InChI=1S/C30H31N5O4S/c1-19-9-10-20(2)24(15-19)35-27(17-31-29(37)22-11-12-25(38-3)26(16-22)39-4)32-33-30(35)40-18-28(36)34-14-13-21-7-5-6-8-23(21)34/h5-12,15-16H,13-14,17-18H2,1-4H3,(H,31,37). The Morgan fingerprint density at radius 3 is 2.55 bits per heavy atom. The number of carbonyl (C=O) groups excluding carboxylic acids is 2. The van der Waals surface area contributed by atoms with E-state index in [1.54, 1.807) is 25.3 Å². The molecule has 0 bridgehead atoms. The lowest BCUT2D eigenvalue weighted by molar-refractivity contribution is -0.116. The Morgan fingerprint density at radius 1 is 0.950 bits per heavy atom. The molecule has 2 heterocycles. The summed E-state index contributed by atoms with van der Waals surface area (Å²) in [7, 11) is 3.07. The minimum atomic E-state index is -0.284. The number of hydrogen-bond acceptors (Lipinski definition) is 7. The highest BCUT2D eigenvalue weighted by Crippen LogP contribution is 2.31. The number of para-hydroxylation sites is 1. The van der Waals surface area contributed by atoms with Crippen molar-refractivity contribution in [2.75, 3.05) is 31.4 Å². The first-order valence-electron chi connectivity index (χ1n) is 12.9. The molecule has 1 N–H and O–H groups in total. The molecule has 0 spiro atoms. The average Bonchev–Trinajstić information content (AvgIpc) is 3.59. The molecule has 1 aliphatic rings. The number of methoxy groups -OCH3 is 2. The first-order valence-corrected chi connectivity index (χ1v) is 13.9. The van der Waals surface area contributed by atoms with E-state index in [1.165, 1.54) is 24.4 Å². The quantitative estimate of drug-likeness (QED) is 0.302. The van der Waals surface area contributed by atoms with Crippen molar-refractivity contribution in [1.29, 1.82) is 0 Å². The number of thioether (sulfide) groups is 1. The van der Waals surface area contributed by atoms with Crippen molar-refractivity contribution in [3.05, 3.63) is 88.7 Å². The van der Waals surface area contributed by atoms with Gasteiger partial charge in [0.05, 0.1) is 32.2 Å². The van der Waals surface area contributed by atoms with Crippen molar-refractivity contribution in [1.82, 2.24) is 20.1 Å². The van der Waals surface area contributed by atoms with Crippen LogP contribution in [0.15, 0.2) is 65.8 Å². The number of nitrogens with one attached hydrogen (secondary N) is 1. The monoisotopic (exact) mass is 557 g/mol. The number of ether oxygens (including phenoxy) is 2. The van der Waals surface area contributed by atoms with Crippen molar-refractivity contribution in [3.63, 3.8) is 0 Å². The molecule has 3 aromatic carbocycles. The van der Waals surface area contributed by atoms with Crippen LogP contribution in [0.25, 0.3) is 5.69 Å². The molecule has 0 radical (unpaired) electrons. The van der Waals surface area contributed by atoms with E-state index in [1.807, 2.05) is 53.6 Å². The summed E-state index contributed by atoms with van der Waals surface area (Å²) >= 11 is 1.34. The highest BCUT2D eigenvalue weighted by atomic mass is 32.2. The summed E-state index contributed by atoms with van der Waals surface area (Å²) in [6, 6.07) is 19.1. The zero-order valence-electron chi connectivity index (χ0n) is 22.9. The second kappa shape index (κ2) is 11.8. The number of hydrogen-bond donors (Lipinski definition) is 1. The van der Waals surface area contributed by atoms with Crippen LogP contribution in [0.1, 0.15) is 32.9 Å². The molecular weight excluding hydrogens is 526 g/mol. The van der Waals surface area contributed by atoms with Gasteiger partial charge in [0, 0.05) is 17.8 Å². The predicted molar refractivity (Wildman–Crippen MR) is 155 cm³/mol. The Labute approximate surface area is 237 Å². The van der Waals surface area contributed by atoms with Gasteiger partial charge in [-0.2, -0.15) is 0 Å². The van der Waals surface area contributed by atoms with Gasteiger partial charge < -0.3 is 19.7 Å². The number of anilines is 1. The summed E-state index contributed by atoms with van der Waals surface area (Å²) in [5.41, 5.74) is 5.60. The second-order valence-electron chi connectivity index (χ2n) is 9.49. The molecule has 0 saturated heterocycles. The molecule has 0 fully saturated rings. The normalized spacial score (nSPS) is 12.2. The third kappa shape index (κ3) is 5.53. The molecule has 2 amide bonds. The van der Waals surface area contributed by atoms with Gasteiger partial charge >= 0.3 is 0 Å². The maximum Gasteiger partial charge on any atom is 0.251 e. The van der Waals surface area contributed by atoms with E-state index < -0.39 is 0 Å². The highest BCUT2D eigenvalue weighted by Gasteiger charge is 2.25. The number of benzene rings is 3. The van der Waals surface area contributed by atoms with Crippen molar-refractivity contribution in [3.8, 4) is 17.2 Å². The molecular formula is C30H31N5O4S. The molecule has 5 rings (SSSR count). The van der Waals surface area contributed by atoms with Crippen LogP contribution in [-0.2, 0) is 17.8 Å². The van der Waals surface area contributed by atoms with Gasteiger partial charge in [0.25, 0.3) is 5.91 Å². The lowest BCUT2D eigenvalue weighted by atomic mass is 10.1. The summed E-state index contributed by atoms with van der Waals surface area (Å²) in [4.78, 5) is 28.0. The highest BCUT2D eigenvalue weighted by molar-refractivity contribution is 7.99. The van der Waals surface area contributed by atoms with Crippen LogP contribution in [0.3, 0.4) is 0 Å². The molecule has 206 valence electrons. The van der Waals surface area contributed by atoms with Crippen molar-refractivity contribution < 1.29 is 19.1 Å². The molecule has 0 atom stereocenters. The minimum Gasteiger partial charge on any atom is -0.493 e. The fourth-order valence-corrected chi connectivity index (χ4v) is 5.59. The zero-order chi connectivity index (χ0) is 28.2. The molecule has 0 unspecified atom stereocenters. The Bertz CT molecular complexity index is 1570. The van der Waals surface area contributed by atoms with Crippen molar-refractivity contribution >= 4 is 29.3 Å². The zero-order valence-corrected chi connectivity index (χ0v) is 23.7. The number of fused-ring (bicyclic) bond motifs is 1. The van der Waals surface area contributed by atoms with Crippen molar-refractivity contribution in [2.45, 2.75) is 32.0 Å². The van der Waals surface area contributed by atoms with E-state index in [-0.39, 0.29) is 24.1 Å². The average molecular weight is 558 g/mol. The molecule has 10 heteroatoms. The smallest absolute Gasteiger partial charge is 0.251 e. The number of amides is 2. The molecule has 9 nitrogen and oxygen atoms in total. The predicted octanol–water partition coefficient (Wildman–Crippen LogP) is 4.51. The molecule has 1 aliphatic heterocycles. The Morgan fingerprint density at radius 2 is 1.75 bits per heavy atom. The SMILES string of the molecule is COc1ccc(C(=O)NCc2nnc(SCC(=O)N3CCc4ccccc43)n2-c2cc(C)ccc2C)cc1OC. The lowest BCUT2D eigenvalue weighted by Gasteiger charge is -2.17. The van der Waals surface area contributed by atoms with Gasteiger partial charge in [-0.15, -0.1) is 10.2 Å². The van der Waals surface area contributed by atoms with Crippen LogP contribution >= 0.6 is 11.8 Å². The number of aromatic nitrogens is 3. The van der Waals surface area contributed by atoms with E-state index >= 15 is 0 Å². The van der Waals surface area contributed by atoms with Gasteiger partial charge in [0.15, 0.2) is 22.5 Å². The van der Waals surface area contributed by atoms with Crippen LogP contribution in [0, 0.1) is 13.8 Å². The fourth-order valence-electron chi connectivity index (χ4n) is 4.75. The first kappa shape index (κ1) is 27.3. The van der Waals surface area contributed by atoms with Gasteiger partial charge in [-0.3, -0.25) is 14.2 Å². The van der Waals surface area contributed by atoms with Crippen LogP contribution < -0.4 is 19.7 Å². The van der Waals surface area contributed by atoms with E-state index in [9.17, 15) is 9.59 Å². The molecule has 40 heavy (non-hydrogen) atoms. The van der Waals surface area contributed by atoms with E-state index in [0.717, 1.165) is 28.9 Å². The number of aryl methyl sites for hydroxylation is 2. The summed E-state index contributed by atoms with van der Waals surface area (Å²) < 4.78 is 12.5. The maximum atomic E-state index is 13.2. The second-order valence-corrected chi connectivity index (χ2v) is 10.4. The van der Waals surface area contributed by atoms with Crippen LogP contribution in [-0.4, -0.2) is 53.1 Å². The largest absolute Gasteiger partial charge is 0.493 e. The summed E-state index contributed by atoms with van der Waals surface area (Å²) in [6.07, 6.45) is 0.856. The van der Waals surface area contributed by atoms with Crippen LogP contribution in [0.2, 0.25) is 0 Å². The Kier molecular flexibility index (Phi) is 8.06. The first-order chi connectivity index (χ1) is 19.4. The number of rotatable bonds is 9. The van der Waals surface area contributed by atoms with Crippen molar-refractivity contribution in [2.24, 2.45) is 0 Å². The molecule has 0 saturated carbocycles. The summed E-state index contributed by atoms with van der Waals surface area (Å²) in [5.74, 6) is 1.53. The van der Waals surface area contributed by atoms with Gasteiger partial charge in [-0.25, -0.2) is 0 Å². The molecule has 1 aromatic heterocycles. The fraction of sp³-hybridized carbons (Fsp3) is 0.267. The summed E-state index contributed by atoms with van der Waals surface area (Å²) in [6.45, 7) is 4.85.